The molecule has 1 aromatic rings. The number of benzene rings is 1. The van der Waals surface area contributed by atoms with Crippen LogP contribution in [0.1, 0.15) is 38.8 Å². The lowest BCUT2D eigenvalue weighted by Crippen LogP contribution is -2.34. The Morgan fingerprint density at radius 2 is 1.90 bits per heavy atom. The van der Waals surface area contributed by atoms with Gasteiger partial charge in [-0.2, -0.15) is 0 Å². The molecule has 0 heterocycles. The van der Waals surface area contributed by atoms with Crippen LogP contribution in [0.2, 0.25) is 0 Å². The summed E-state index contributed by atoms with van der Waals surface area (Å²) in [6.45, 7) is 11.0. The van der Waals surface area contributed by atoms with Crippen LogP contribution >= 0.6 is 0 Å². The number of hydrogen-bond donors (Lipinski definition) is 2. The van der Waals surface area contributed by atoms with E-state index in [1.54, 1.807) is 19.1 Å². The third-order valence-corrected chi connectivity index (χ3v) is 5.41. The van der Waals surface area contributed by atoms with Gasteiger partial charge in [0.05, 0.1) is 4.90 Å². The molecule has 0 saturated heterocycles. The Morgan fingerprint density at radius 3 is 2.35 bits per heavy atom. The fourth-order valence-corrected chi connectivity index (χ4v) is 3.11. The summed E-state index contributed by atoms with van der Waals surface area (Å²) >= 11 is 0. The molecule has 0 spiro atoms. The minimum atomic E-state index is -3.46. The first-order chi connectivity index (χ1) is 9.08. The predicted octanol–water partition coefficient (Wildman–Crippen LogP) is 2.41. The van der Waals surface area contributed by atoms with Crippen LogP contribution in [0.15, 0.2) is 23.1 Å². The first-order valence-electron chi connectivity index (χ1n) is 6.87. The SMILES string of the molecule is Cc1cc(CN)ccc1S(=O)(=O)NCC(C)C(C)(C)C. The van der Waals surface area contributed by atoms with E-state index in [9.17, 15) is 8.42 Å². The van der Waals surface area contributed by atoms with Gasteiger partial charge in [-0.25, -0.2) is 13.1 Å². The topological polar surface area (TPSA) is 72.2 Å². The number of nitrogens with two attached hydrogens (primary N) is 1. The van der Waals surface area contributed by atoms with Crippen molar-refractivity contribution in [3.05, 3.63) is 29.3 Å². The zero-order chi connectivity index (χ0) is 15.6. The van der Waals surface area contributed by atoms with Crippen molar-refractivity contribution in [2.75, 3.05) is 6.54 Å². The van der Waals surface area contributed by atoms with Gasteiger partial charge < -0.3 is 5.73 Å². The van der Waals surface area contributed by atoms with Crippen LogP contribution in [0, 0.1) is 18.3 Å². The molecule has 0 aliphatic rings. The quantitative estimate of drug-likeness (QED) is 0.877. The van der Waals surface area contributed by atoms with Crippen molar-refractivity contribution in [3.8, 4) is 0 Å². The highest BCUT2D eigenvalue weighted by Gasteiger charge is 2.23. The van der Waals surface area contributed by atoms with Gasteiger partial charge in [-0.3, -0.25) is 0 Å². The molecule has 1 rings (SSSR count). The minimum Gasteiger partial charge on any atom is -0.326 e. The molecule has 0 fully saturated rings. The Morgan fingerprint density at radius 1 is 1.30 bits per heavy atom. The van der Waals surface area contributed by atoms with Crippen LogP contribution in [0.25, 0.3) is 0 Å². The third-order valence-electron chi connectivity index (χ3n) is 3.82. The lowest BCUT2D eigenvalue weighted by molar-refractivity contribution is 0.263. The summed E-state index contributed by atoms with van der Waals surface area (Å²) in [4.78, 5) is 0.329. The van der Waals surface area contributed by atoms with Crippen molar-refractivity contribution in [1.82, 2.24) is 4.72 Å². The first-order valence-corrected chi connectivity index (χ1v) is 8.35. The second kappa shape index (κ2) is 6.24. The Bertz CT molecular complexity index is 560. The van der Waals surface area contributed by atoms with Gasteiger partial charge in [-0.1, -0.05) is 39.8 Å². The molecule has 0 aliphatic carbocycles. The van der Waals surface area contributed by atoms with Crippen LogP contribution in [0.5, 0.6) is 0 Å². The van der Waals surface area contributed by atoms with Gasteiger partial charge in [0.15, 0.2) is 0 Å². The van der Waals surface area contributed by atoms with Crippen molar-refractivity contribution in [3.63, 3.8) is 0 Å². The van der Waals surface area contributed by atoms with Crippen LogP contribution < -0.4 is 10.5 Å². The smallest absolute Gasteiger partial charge is 0.240 e. The Hall–Kier alpha value is -0.910. The summed E-state index contributed by atoms with van der Waals surface area (Å²) in [6, 6.07) is 5.21. The summed E-state index contributed by atoms with van der Waals surface area (Å²) in [5.74, 6) is 0.251. The first kappa shape index (κ1) is 17.1. The third kappa shape index (κ3) is 4.30. The van der Waals surface area contributed by atoms with Crippen LogP contribution in [0.4, 0.5) is 0 Å². The van der Waals surface area contributed by atoms with Crippen molar-refractivity contribution in [2.24, 2.45) is 17.1 Å². The second-order valence-electron chi connectivity index (χ2n) is 6.42. The maximum Gasteiger partial charge on any atom is 0.240 e. The molecule has 0 bridgehead atoms. The molecule has 0 saturated carbocycles. The minimum absolute atomic E-state index is 0.0704. The molecule has 20 heavy (non-hydrogen) atoms. The fraction of sp³-hybridized carbons (Fsp3) is 0.600. The van der Waals surface area contributed by atoms with E-state index < -0.39 is 10.0 Å². The Labute approximate surface area is 122 Å². The predicted molar refractivity (Wildman–Crippen MR) is 82.9 cm³/mol. The molecule has 1 unspecified atom stereocenters. The normalized spacial score (nSPS) is 14.3. The largest absolute Gasteiger partial charge is 0.326 e. The molecule has 0 aliphatic heterocycles. The molecule has 4 nitrogen and oxygen atoms in total. The van der Waals surface area contributed by atoms with E-state index in [-0.39, 0.29) is 11.3 Å². The van der Waals surface area contributed by atoms with Gasteiger partial charge in [-0.05, 0) is 35.4 Å². The molecule has 1 atom stereocenters. The highest BCUT2D eigenvalue weighted by atomic mass is 32.2. The average molecular weight is 298 g/mol. The van der Waals surface area contributed by atoms with Crippen molar-refractivity contribution in [2.45, 2.75) is 46.1 Å². The van der Waals surface area contributed by atoms with Gasteiger partial charge >= 0.3 is 0 Å². The number of aryl methyl sites for hydroxylation is 1. The molecule has 114 valence electrons. The maximum absolute atomic E-state index is 12.3. The van der Waals surface area contributed by atoms with Crippen LogP contribution in [-0.4, -0.2) is 15.0 Å². The zero-order valence-electron chi connectivity index (χ0n) is 13.0. The van der Waals surface area contributed by atoms with Crippen molar-refractivity contribution < 1.29 is 8.42 Å². The molecule has 1 aromatic carbocycles. The van der Waals surface area contributed by atoms with E-state index in [0.29, 0.717) is 18.0 Å². The summed E-state index contributed by atoms with van der Waals surface area (Å²) < 4.78 is 27.4. The van der Waals surface area contributed by atoms with E-state index in [0.717, 1.165) is 11.1 Å². The van der Waals surface area contributed by atoms with E-state index in [2.05, 4.69) is 25.5 Å². The zero-order valence-corrected chi connectivity index (χ0v) is 13.8. The molecular formula is C15H26N2O2S. The van der Waals surface area contributed by atoms with Crippen molar-refractivity contribution in [1.29, 1.82) is 0 Å². The molecule has 0 amide bonds. The number of rotatable bonds is 5. The molecule has 0 radical (unpaired) electrons. The molecular weight excluding hydrogens is 272 g/mol. The summed E-state index contributed by atoms with van der Waals surface area (Å²) in [5, 5.41) is 0. The Balaban J connectivity index is 2.90. The second-order valence-corrected chi connectivity index (χ2v) is 8.16. The number of hydrogen-bond acceptors (Lipinski definition) is 3. The summed E-state index contributed by atoms with van der Waals surface area (Å²) in [6.07, 6.45) is 0. The van der Waals surface area contributed by atoms with E-state index >= 15 is 0 Å². The summed E-state index contributed by atoms with van der Waals surface area (Å²) in [5.41, 5.74) is 7.29. The highest BCUT2D eigenvalue weighted by Crippen LogP contribution is 2.25. The maximum atomic E-state index is 12.3. The lowest BCUT2D eigenvalue weighted by Gasteiger charge is -2.27. The highest BCUT2D eigenvalue weighted by molar-refractivity contribution is 7.89. The average Bonchev–Trinajstić information content (AvgIpc) is 2.34. The number of nitrogens with one attached hydrogen (secondary N) is 1. The van der Waals surface area contributed by atoms with Crippen LogP contribution in [0.3, 0.4) is 0 Å². The number of sulfonamides is 1. The lowest BCUT2D eigenvalue weighted by atomic mass is 9.82. The van der Waals surface area contributed by atoms with E-state index in [1.807, 2.05) is 13.0 Å². The summed E-state index contributed by atoms with van der Waals surface area (Å²) in [7, 11) is -3.46. The fourth-order valence-electron chi connectivity index (χ4n) is 1.76. The molecule has 0 aromatic heterocycles. The van der Waals surface area contributed by atoms with Gasteiger partial charge in [0, 0.05) is 13.1 Å². The Kier molecular flexibility index (Phi) is 5.35. The molecule has 3 N–H and O–H groups in total. The van der Waals surface area contributed by atoms with Gasteiger partial charge in [-0.15, -0.1) is 0 Å². The monoisotopic (exact) mass is 298 g/mol. The van der Waals surface area contributed by atoms with Gasteiger partial charge in [0.25, 0.3) is 0 Å². The van der Waals surface area contributed by atoms with Crippen molar-refractivity contribution >= 4 is 10.0 Å². The van der Waals surface area contributed by atoms with Crippen LogP contribution in [-0.2, 0) is 16.6 Å². The van der Waals surface area contributed by atoms with E-state index in [4.69, 9.17) is 5.73 Å². The van der Waals surface area contributed by atoms with Gasteiger partial charge in [0.2, 0.25) is 10.0 Å². The van der Waals surface area contributed by atoms with E-state index in [1.165, 1.54) is 0 Å². The molecule has 5 heteroatoms. The standard InChI is InChI=1S/C15H26N2O2S/c1-11-8-13(9-16)6-7-14(11)20(18,19)17-10-12(2)15(3,4)5/h6-8,12,17H,9-10,16H2,1-5H3. The van der Waals surface area contributed by atoms with Gasteiger partial charge in [0.1, 0.15) is 0 Å².